The molecule has 0 nitrogen and oxygen atoms in total. The van der Waals surface area contributed by atoms with E-state index < -0.39 is 5.92 Å². The maximum absolute atomic E-state index is 13.8. The number of benzene rings is 1. The normalized spacial score (nSPS) is 20.8. The highest BCUT2D eigenvalue weighted by atomic mass is 19.3. The second-order valence-electron chi connectivity index (χ2n) is 4.96. The Labute approximate surface area is 107 Å². The third-order valence-corrected chi connectivity index (χ3v) is 3.40. The van der Waals surface area contributed by atoms with Crippen molar-refractivity contribution in [2.24, 2.45) is 5.92 Å². The summed E-state index contributed by atoms with van der Waals surface area (Å²) in [6, 6.07) is 8.00. The molecule has 0 spiro atoms. The quantitative estimate of drug-likeness (QED) is 0.652. The molecule has 1 saturated carbocycles. The first-order valence-electron chi connectivity index (χ1n) is 6.34. The van der Waals surface area contributed by atoms with E-state index >= 15 is 0 Å². The van der Waals surface area contributed by atoms with Crippen LogP contribution in [0.1, 0.15) is 31.2 Å². The highest BCUT2D eigenvalue weighted by Crippen LogP contribution is 2.33. The molecule has 1 unspecified atom stereocenters. The predicted molar refractivity (Wildman–Crippen MR) is 70.6 cm³/mol. The van der Waals surface area contributed by atoms with Crippen LogP contribution in [0, 0.1) is 5.92 Å². The zero-order valence-electron chi connectivity index (χ0n) is 10.4. The second-order valence-corrected chi connectivity index (χ2v) is 4.96. The largest absolute Gasteiger partial charge is 0.276 e. The molecule has 18 heavy (non-hydrogen) atoms. The summed E-state index contributed by atoms with van der Waals surface area (Å²) >= 11 is 0. The fourth-order valence-electron chi connectivity index (χ4n) is 2.34. The molecule has 1 aliphatic carbocycles. The van der Waals surface area contributed by atoms with Crippen molar-refractivity contribution in [1.82, 2.24) is 0 Å². The molecule has 1 aromatic carbocycles. The van der Waals surface area contributed by atoms with E-state index in [1.165, 1.54) is 17.7 Å². The Morgan fingerprint density at radius 2 is 2.00 bits per heavy atom. The van der Waals surface area contributed by atoms with E-state index in [-0.39, 0.29) is 12.0 Å². The van der Waals surface area contributed by atoms with E-state index in [2.05, 4.69) is 6.58 Å². The average Bonchev–Trinajstić information content (AvgIpc) is 2.76. The Hall–Kier alpha value is -1.44. The fourth-order valence-corrected chi connectivity index (χ4v) is 2.34. The number of hydrogen-bond donors (Lipinski definition) is 0. The van der Waals surface area contributed by atoms with Crippen LogP contribution in [0.5, 0.6) is 0 Å². The van der Waals surface area contributed by atoms with Crippen LogP contribution < -0.4 is 0 Å². The van der Waals surface area contributed by atoms with Gasteiger partial charge in [-0.2, -0.15) is 0 Å². The van der Waals surface area contributed by atoms with Gasteiger partial charge in [0, 0.05) is 12.0 Å². The molecule has 1 atom stereocenters. The van der Waals surface area contributed by atoms with Gasteiger partial charge < -0.3 is 0 Å². The maximum atomic E-state index is 13.8. The van der Waals surface area contributed by atoms with E-state index in [1.54, 1.807) is 24.3 Å². The summed E-state index contributed by atoms with van der Waals surface area (Å²) in [5.41, 5.74) is 1.32. The molecule has 0 saturated heterocycles. The van der Waals surface area contributed by atoms with Crippen LogP contribution in [0.2, 0.25) is 0 Å². The lowest BCUT2D eigenvalue weighted by molar-refractivity contribution is -0.00104. The third-order valence-electron chi connectivity index (χ3n) is 3.40. The number of alkyl halides is 2. The first kappa shape index (κ1) is 13.0. The van der Waals surface area contributed by atoms with Crippen molar-refractivity contribution >= 4 is 0 Å². The van der Waals surface area contributed by atoms with Gasteiger partial charge in [-0.3, -0.25) is 0 Å². The van der Waals surface area contributed by atoms with Crippen LogP contribution >= 0.6 is 0 Å². The van der Waals surface area contributed by atoms with E-state index in [0.717, 1.165) is 19.3 Å². The first-order valence-corrected chi connectivity index (χ1v) is 6.34. The Morgan fingerprint density at radius 1 is 1.28 bits per heavy atom. The Bertz CT molecular complexity index is 432. The smallest absolute Gasteiger partial charge is 0.201 e. The van der Waals surface area contributed by atoms with Gasteiger partial charge in [-0.05, 0) is 25.2 Å². The zero-order valence-corrected chi connectivity index (χ0v) is 10.4. The Kier molecular flexibility index (Phi) is 3.95. The predicted octanol–water partition coefficient (Wildman–Crippen LogP) is 5.08. The number of rotatable bonds is 4. The van der Waals surface area contributed by atoms with Crippen molar-refractivity contribution in [3.8, 4) is 0 Å². The van der Waals surface area contributed by atoms with Gasteiger partial charge in [0.1, 0.15) is 0 Å². The number of allylic oxidation sites excluding steroid dienone is 3. The topological polar surface area (TPSA) is 0 Å². The average molecular weight is 248 g/mol. The second kappa shape index (κ2) is 5.47. The van der Waals surface area contributed by atoms with Gasteiger partial charge in [0.2, 0.25) is 0 Å². The van der Waals surface area contributed by atoms with Crippen LogP contribution in [0.15, 0.2) is 54.6 Å². The molecule has 0 bridgehead atoms. The molecule has 0 heterocycles. The summed E-state index contributed by atoms with van der Waals surface area (Å²) < 4.78 is 27.7. The molecule has 0 aromatic heterocycles. The van der Waals surface area contributed by atoms with E-state index in [1.807, 2.05) is 6.08 Å². The van der Waals surface area contributed by atoms with Crippen LogP contribution in [-0.4, -0.2) is 0 Å². The summed E-state index contributed by atoms with van der Waals surface area (Å²) in [6.45, 7) is 3.93. The lowest BCUT2D eigenvalue weighted by Crippen LogP contribution is -2.11. The standard InChI is InChI=1S/C16H18F2/c1-13-9-10-14(12-13)6-5-11-16(17,18)15-7-3-2-4-8-15/h2-8,14H,1,9-12H2/b6-5+. The molecule has 0 N–H and O–H groups in total. The third kappa shape index (κ3) is 3.28. The summed E-state index contributed by atoms with van der Waals surface area (Å²) in [4.78, 5) is 0. The molecule has 2 heteroatoms. The van der Waals surface area contributed by atoms with E-state index in [4.69, 9.17) is 0 Å². The van der Waals surface area contributed by atoms with E-state index in [0.29, 0.717) is 5.92 Å². The highest BCUT2D eigenvalue weighted by molar-refractivity contribution is 5.21. The molecule has 1 aromatic rings. The van der Waals surface area contributed by atoms with Gasteiger partial charge in [-0.1, -0.05) is 54.6 Å². The molecule has 0 amide bonds. The lowest BCUT2D eigenvalue weighted by Gasteiger charge is -2.14. The van der Waals surface area contributed by atoms with Gasteiger partial charge in [0.25, 0.3) is 5.92 Å². The monoisotopic (exact) mass is 248 g/mol. The minimum atomic E-state index is -2.77. The van der Waals surface area contributed by atoms with Crippen LogP contribution in [0.25, 0.3) is 0 Å². The number of hydrogen-bond acceptors (Lipinski definition) is 0. The molecular formula is C16H18F2. The van der Waals surface area contributed by atoms with Crippen molar-refractivity contribution < 1.29 is 8.78 Å². The highest BCUT2D eigenvalue weighted by Gasteiger charge is 2.29. The Morgan fingerprint density at radius 3 is 2.61 bits per heavy atom. The lowest BCUT2D eigenvalue weighted by atomic mass is 10.0. The maximum Gasteiger partial charge on any atom is 0.276 e. The van der Waals surface area contributed by atoms with Crippen molar-refractivity contribution in [3.05, 3.63) is 60.2 Å². The SMILES string of the molecule is C=C1CCC(/C=C/CC(F)(F)c2ccccc2)C1. The molecule has 0 aliphatic heterocycles. The molecule has 96 valence electrons. The molecule has 1 aliphatic rings. The van der Waals surface area contributed by atoms with Gasteiger partial charge >= 0.3 is 0 Å². The van der Waals surface area contributed by atoms with Crippen molar-refractivity contribution in [2.75, 3.05) is 0 Å². The van der Waals surface area contributed by atoms with Crippen LogP contribution in [-0.2, 0) is 5.92 Å². The first-order chi connectivity index (χ1) is 8.58. The van der Waals surface area contributed by atoms with Gasteiger partial charge in [-0.15, -0.1) is 0 Å². The van der Waals surface area contributed by atoms with Gasteiger partial charge in [0.05, 0.1) is 0 Å². The minimum absolute atomic E-state index is 0.0884. The summed E-state index contributed by atoms with van der Waals surface area (Å²) in [5, 5.41) is 0. The van der Waals surface area contributed by atoms with Gasteiger partial charge in [-0.25, -0.2) is 8.78 Å². The summed E-state index contributed by atoms with van der Waals surface area (Å²) in [7, 11) is 0. The van der Waals surface area contributed by atoms with Crippen LogP contribution in [0.3, 0.4) is 0 Å². The van der Waals surface area contributed by atoms with Crippen LogP contribution in [0.4, 0.5) is 8.78 Å². The molecule has 1 fully saturated rings. The van der Waals surface area contributed by atoms with Crippen molar-refractivity contribution in [2.45, 2.75) is 31.6 Å². The molecular weight excluding hydrogens is 230 g/mol. The summed E-state index contributed by atoms with van der Waals surface area (Å²) in [6.07, 6.45) is 6.36. The Balaban J connectivity index is 1.93. The molecule has 0 radical (unpaired) electrons. The van der Waals surface area contributed by atoms with Gasteiger partial charge in [0.15, 0.2) is 0 Å². The van der Waals surface area contributed by atoms with E-state index in [9.17, 15) is 8.78 Å². The summed E-state index contributed by atoms with van der Waals surface area (Å²) in [5.74, 6) is -2.36. The fraction of sp³-hybridized carbons (Fsp3) is 0.375. The minimum Gasteiger partial charge on any atom is -0.201 e. The molecule has 2 rings (SSSR count). The number of halogens is 2. The van der Waals surface area contributed by atoms with Crippen molar-refractivity contribution in [1.29, 1.82) is 0 Å². The zero-order chi connectivity index (χ0) is 13.0. The van der Waals surface area contributed by atoms with Crippen molar-refractivity contribution in [3.63, 3.8) is 0 Å².